The number of imide groups is 1. The fourth-order valence-electron chi connectivity index (χ4n) is 2.34. The minimum Gasteiger partial charge on any atom is -0.269 e. The van der Waals surface area contributed by atoms with Crippen LogP contribution in [0.25, 0.3) is 5.57 Å². The van der Waals surface area contributed by atoms with E-state index in [1.54, 1.807) is 48.5 Å². The van der Waals surface area contributed by atoms with Crippen molar-refractivity contribution in [2.75, 3.05) is 0 Å². The van der Waals surface area contributed by atoms with Crippen LogP contribution in [-0.4, -0.2) is 16.7 Å². The Hall–Kier alpha value is -2.10. The van der Waals surface area contributed by atoms with Crippen molar-refractivity contribution in [2.45, 2.75) is 6.54 Å². The largest absolute Gasteiger partial charge is 0.273 e. The summed E-state index contributed by atoms with van der Waals surface area (Å²) in [6.07, 6.45) is 0. The molecule has 0 atom stereocenters. The summed E-state index contributed by atoms with van der Waals surface area (Å²) in [5.74, 6) is -0.897. The van der Waals surface area contributed by atoms with Crippen LogP contribution in [0, 0.1) is 0 Å². The molecule has 3 rings (SSSR count). The van der Waals surface area contributed by atoms with Gasteiger partial charge in [0, 0.05) is 5.02 Å². The molecule has 0 aliphatic carbocycles. The number of rotatable bonds is 3. The Morgan fingerprint density at radius 3 is 2.14 bits per heavy atom. The van der Waals surface area contributed by atoms with Crippen LogP contribution in [0.15, 0.2) is 59.6 Å². The van der Waals surface area contributed by atoms with E-state index in [4.69, 9.17) is 23.2 Å². The molecule has 0 radical (unpaired) electrons. The van der Waals surface area contributed by atoms with Crippen LogP contribution >= 0.6 is 23.2 Å². The highest BCUT2D eigenvalue weighted by Gasteiger charge is 2.38. The average Bonchev–Trinajstić information content (AvgIpc) is 2.74. The van der Waals surface area contributed by atoms with Gasteiger partial charge in [0.1, 0.15) is 5.03 Å². The molecule has 0 fully saturated rings. The number of hydrogen-bond acceptors (Lipinski definition) is 2. The molecule has 2 amide bonds. The molecular formula is C17H11Cl2NO2. The molecule has 3 nitrogen and oxygen atoms in total. The Morgan fingerprint density at radius 2 is 1.45 bits per heavy atom. The topological polar surface area (TPSA) is 37.4 Å². The quantitative estimate of drug-likeness (QED) is 0.801. The van der Waals surface area contributed by atoms with Gasteiger partial charge in [-0.3, -0.25) is 14.5 Å². The molecule has 0 spiro atoms. The lowest BCUT2D eigenvalue weighted by Gasteiger charge is -2.15. The molecule has 22 heavy (non-hydrogen) atoms. The van der Waals surface area contributed by atoms with E-state index in [1.165, 1.54) is 0 Å². The number of benzene rings is 2. The van der Waals surface area contributed by atoms with Crippen LogP contribution in [0.2, 0.25) is 5.02 Å². The lowest BCUT2D eigenvalue weighted by Crippen LogP contribution is -2.30. The predicted molar refractivity (Wildman–Crippen MR) is 86.2 cm³/mol. The number of nitrogens with zero attached hydrogens (tertiary/aromatic N) is 1. The van der Waals surface area contributed by atoms with E-state index in [9.17, 15) is 9.59 Å². The van der Waals surface area contributed by atoms with Gasteiger partial charge in [0.2, 0.25) is 0 Å². The van der Waals surface area contributed by atoms with E-state index in [1.807, 2.05) is 6.07 Å². The molecule has 0 unspecified atom stereocenters. The first-order valence-corrected chi connectivity index (χ1v) is 7.40. The van der Waals surface area contributed by atoms with Crippen molar-refractivity contribution in [3.8, 4) is 0 Å². The highest BCUT2D eigenvalue weighted by atomic mass is 35.5. The van der Waals surface area contributed by atoms with E-state index >= 15 is 0 Å². The average molecular weight is 332 g/mol. The van der Waals surface area contributed by atoms with E-state index in [0.717, 1.165) is 4.90 Å². The Balaban J connectivity index is 1.93. The Labute approximate surface area is 137 Å². The van der Waals surface area contributed by atoms with E-state index in [2.05, 4.69) is 0 Å². The van der Waals surface area contributed by atoms with Crippen molar-refractivity contribution in [1.29, 1.82) is 0 Å². The van der Waals surface area contributed by atoms with Gasteiger partial charge >= 0.3 is 0 Å². The van der Waals surface area contributed by atoms with Crippen molar-refractivity contribution in [1.82, 2.24) is 4.90 Å². The van der Waals surface area contributed by atoms with Crippen LogP contribution in [0.3, 0.4) is 0 Å². The highest BCUT2D eigenvalue weighted by Crippen LogP contribution is 2.33. The van der Waals surface area contributed by atoms with E-state index in [0.29, 0.717) is 16.1 Å². The van der Waals surface area contributed by atoms with Crippen molar-refractivity contribution in [3.63, 3.8) is 0 Å². The number of hydrogen-bond donors (Lipinski definition) is 0. The molecule has 5 heteroatoms. The first kappa shape index (κ1) is 14.8. The lowest BCUT2D eigenvalue weighted by molar-refractivity contribution is -0.137. The Kier molecular flexibility index (Phi) is 4.01. The molecule has 1 aliphatic heterocycles. The zero-order valence-electron chi connectivity index (χ0n) is 11.4. The monoisotopic (exact) mass is 331 g/mol. The fraction of sp³-hybridized carbons (Fsp3) is 0.0588. The van der Waals surface area contributed by atoms with E-state index in [-0.39, 0.29) is 17.2 Å². The Morgan fingerprint density at radius 1 is 0.818 bits per heavy atom. The highest BCUT2D eigenvalue weighted by molar-refractivity contribution is 6.55. The first-order chi connectivity index (χ1) is 10.6. The summed E-state index contributed by atoms with van der Waals surface area (Å²) in [7, 11) is 0. The molecule has 1 aliphatic rings. The number of amides is 2. The summed E-state index contributed by atoms with van der Waals surface area (Å²) in [5, 5.41) is 0.454. The second kappa shape index (κ2) is 5.95. The minimum absolute atomic E-state index is 0.0525. The minimum atomic E-state index is -0.495. The van der Waals surface area contributed by atoms with Gasteiger partial charge in [-0.15, -0.1) is 0 Å². The van der Waals surface area contributed by atoms with Crippen LogP contribution in [0.4, 0.5) is 0 Å². The SMILES string of the molecule is O=C1C(Cl)=C(c2ccccc2)C(=O)N1Cc1ccccc1Cl. The molecule has 110 valence electrons. The summed E-state index contributed by atoms with van der Waals surface area (Å²) in [5.41, 5.74) is 1.57. The second-order valence-corrected chi connectivity index (χ2v) is 5.63. The third kappa shape index (κ3) is 2.54. The third-order valence-corrected chi connectivity index (χ3v) is 4.18. The van der Waals surface area contributed by atoms with Crippen LogP contribution in [-0.2, 0) is 16.1 Å². The van der Waals surface area contributed by atoms with Crippen molar-refractivity contribution in [3.05, 3.63) is 75.8 Å². The number of halogens is 2. The molecule has 0 aromatic heterocycles. The summed E-state index contributed by atoms with van der Waals surface area (Å²) in [4.78, 5) is 26.0. The Bertz CT molecular complexity index is 784. The number of carbonyl (C=O) groups excluding carboxylic acids is 2. The van der Waals surface area contributed by atoms with Gasteiger partial charge in [0.25, 0.3) is 11.8 Å². The molecule has 1 heterocycles. The predicted octanol–water partition coefficient (Wildman–Crippen LogP) is 3.86. The zero-order chi connectivity index (χ0) is 15.7. The van der Waals surface area contributed by atoms with Crippen LogP contribution in [0.5, 0.6) is 0 Å². The summed E-state index contributed by atoms with van der Waals surface area (Å²) >= 11 is 12.2. The van der Waals surface area contributed by atoms with Crippen LogP contribution < -0.4 is 0 Å². The maximum Gasteiger partial charge on any atom is 0.273 e. The standard InChI is InChI=1S/C17H11Cl2NO2/c18-13-9-5-4-8-12(13)10-20-16(21)14(15(19)17(20)22)11-6-2-1-3-7-11/h1-9H,10H2. The van der Waals surface area contributed by atoms with Gasteiger partial charge in [-0.2, -0.15) is 0 Å². The maximum atomic E-state index is 12.6. The molecule has 2 aromatic rings. The van der Waals surface area contributed by atoms with Crippen molar-refractivity contribution < 1.29 is 9.59 Å². The first-order valence-electron chi connectivity index (χ1n) is 6.64. The molecule has 0 saturated heterocycles. The fourth-order valence-corrected chi connectivity index (χ4v) is 2.83. The molecular weight excluding hydrogens is 321 g/mol. The van der Waals surface area contributed by atoms with Crippen molar-refractivity contribution >= 4 is 40.6 Å². The van der Waals surface area contributed by atoms with Crippen LogP contribution in [0.1, 0.15) is 11.1 Å². The molecule has 2 aromatic carbocycles. The smallest absolute Gasteiger partial charge is 0.269 e. The summed E-state index contributed by atoms with van der Waals surface area (Å²) < 4.78 is 0. The molecule has 0 bridgehead atoms. The third-order valence-electron chi connectivity index (χ3n) is 3.46. The maximum absolute atomic E-state index is 12.6. The normalized spacial score (nSPS) is 14.9. The van der Waals surface area contributed by atoms with Gasteiger partial charge in [0.05, 0.1) is 12.1 Å². The van der Waals surface area contributed by atoms with Gasteiger partial charge in [0.15, 0.2) is 0 Å². The molecule has 0 N–H and O–H groups in total. The lowest BCUT2D eigenvalue weighted by atomic mass is 10.1. The summed E-state index contributed by atoms with van der Waals surface area (Å²) in [6.45, 7) is 0.101. The summed E-state index contributed by atoms with van der Waals surface area (Å²) in [6, 6.07) is 16.0. The number of carbonyl (C=O) groups is 2. The van der Waals surface area contributed by atoms with Gasteiger partial charge in [-0.25, -0.2) is 0 Å². The van der Waals surface area contributed by atoms with Crippen molar-refractivity contribution in [2.24, 2.45) is 0 Å². The zero-order valence-corrected chi connectivity index (χ0v) is 12.9. The second-order valence-electron chi connectivity index (χ2n) is 4.84. The molecule has 0 saturated carbocycles. The van der Waals surface area contributed by atoms with E-state index < -0.39 is 11.8 Å². The van der Waals surface area contributed by atoms with Gasteiger partial charge in [-0.05, 0) is 17.2 Å². The van der Waals surface area contributed by atoms with Gasteiger partial charge < -0.3 is 0 Å². The van der Waals surface area contributed by atoms with Gasteiger partial charge in [-0.1, -0.05) is 71.7 Å².